The zero-order valence-electron chi connectivity index (χ0n) is 16.2. The minimum atomic E-state index is -0.478. The van der Waals surface area contributed by atoms with Gasteiger partial charge in [0, 0.05) is 19.2 Å². The summed E-state index contributed by atoms with van der Waals surface area (Å²) in [6.45, 7) is 5.13. The topological polar surface area (TPSA) is 85.0 Å². The third kappa shape index (κ3) is 4.83. The van der Waals surface area contributed by atoms with Gasteiger partial charge in [0.1, 0.15) is 6.61 Å². The predicted molar refractivity (Wildman–Crippen MR) is 115 cm³/mol. The first-order valence-corrected chi connectivity index (χ1v) is 10.1. The van der Waals surface area contributed by atoms with Gasteiger partial charge in [0.25, 0.3) is 5.91 Å². The van der Waals surface area contributed by atoms with Gasteiger partial charge in [-0.15, -0.1) is 0 Å². The molecule has 0 aliphatic carbocycles. The summed E-state index contributed by atoms with van der Waals surface area (Å²) >= 11 is 1.28. The van der Waals surface area contributed by atoms with Crippen LogP contribution in [0.2, 0.25) is 0 Å². The van der Waals surface area contributed by atoms with E-state index in [4.69, 9.17) is 4.74 Å². The van der Waals surface area contributed by atoms with Crippen molar-refractivity contribution in [1.29, 1.82) is 0 Å². The van der Waals surface area contributed by atoms with Crippen molar-refractivity contribution in [2.75, 3.05) is 13.1 Å². The van der Waals surface area contributed by atoms with Crippen molar-refractivity contribution < 1.29 is 14.5 Å². The summed E-state index contributed by atoms with van der Waals surface area (Å²) in [5.74, 6) is 0.0478. The van der Waals surface area contributed by atoms with Gasteiger partial charge in [-0.1, -0.05) is 36.4 Å². The number of aliphatic imine (C=N–C) groups is 1. The zero-order valence-corrected chi connectivity index (χ0v) is 17.0. The SMILES string of the molecule is CCN=C1S/C(=C\c2ccc(OCc3ccccc3)c([N+](=O)[O-])c2)C(=O)N1CC. The van der Waals surface area contributed by atoms with E-state index in [-0.39, 0.29) is 24.0 Å². The second-order valence-corrected chi connectivity index (χ2v) is 7.18. The average molecular weight is 411 g/mol. The van der Waals surface area contributed by atoms with Crippen molar-refractivity contribution in [3.8, 4) is 5.75 Å². The van der Waals surface area contributed by atoms with E-state index in [1.165, 1.54) is 17.8 Å². The van der Waals surface area contributed by atoms with Gasteiger partial charge in [-0.25, -0.2) is 0 Å². The van der Waals surface area contributed by atoms with Crippen LogP contribution in [0.3, 0.4) is 0 Å². The first-order valence-electron chi connectivity index (χ1n) is 9.24. The third-order valence-electron chi connectivity index (χ3n) is 4.21. The maximum atomic E-state index is 12.6. The normalized spacial score (nSPS) is 16.6. The molecule has 0 atom stereocenters. The molecular weight excluding hydrogens is 390 g/mol. The molecule has 1 heterocycles. The molecule has 1 fully saturated rings. The highest BCUT2D eigenvalue weighted by atomic mass is 32.2. The third-order valence-corrected chi connectivity index (χ3v) is 5.26. The monoisotopic (exact) mass is 411 g/mol. The highest BCUT2D eigenvalue weighted by Crippen LogP contribution is 2.34. The Hall–Kier alpha value is -3.13. The molecule has 29 heavy (non-hydrogen) atoms. The Kier molecular flexibility index (Phi) is 6.66. The summed E-state index contributed by atoms with van der Waals surface area (Å²) < 4.78 is 5.65. The van der Waals surface area contributed by atoms with Crippen LogP contribution in [0.5, 0.6) is 5.75 Å². The Bertz CT molecular complexity index is 973. The lowest BCUT2D eigenvalue weighted by Gasteiger charge is -2.11. The number of amidine groups is 1. The summed E-state index contributed by atoms with van der Waals surface area (Å²) in [4.78, 5) is 30.1. The van der Waals surface area contributed by atoms with Gasteiger partial charge in [-0.05, 0) is 48.9 Å². The molecule has 8 heteroatoms. The van der Waals surface area contributed by atoms with E-state index in [2.05, 4.69) is 4.99 Å². The van der Waals surface area contributed by atoms with Crippen LogP contribution in [0.1, 0.15) is 25.0 Å². The molecule has 1 aliphatic heterocycles. The highest BCUT2D eigenvalue weighted by Gasteiger charge is 2.32. The Balaban J connectivity index is 1.85. The summed E-state index contributed by atoms with van der Waals surface area (Å²) in [6, 6.07) is 14.1. The first kappa shape index (κ1) is 20.6. The minimum Gasteiger partial charge on any atom is -0.482 e. The molecule has 1 amide bonds. The van der Waals surface area contributed by atoms with Crippen molar-refractivity contribution in [2.24, 2.45) is 4.99 Å². The number of hydrogen-bond acceptors (Lipinski definition) is 6. The fourth-order valence-electron chi connectivity index (χ4n) is 2.82. The second-order valence-electron chi connectivity index (χ2n) is 6.18. The van der Waals surface area contributed by atoms with Crippen LogP contribution in [-0.4, -0.2) is 34.0 Å². The Morgan fingerprint density at radius 2 is 1.97 bits per heavy atom. The molecule has 0 saturated carbocycles. The molecule has 2 aromatic rings. The molecule has 0 N–H and O–H groups in total. The molecule has 0 spiro atoms. The number of ether oxygens (including phenoxy) is 1. The van der Waals surface area contributed by atoms with Crippen molar-refractivity contribution >= 4 is 34.6 Å². The van der Waals surface area contributed by atoms with Crippen LogP contribution >= 0.6 is 11.8 Å². The lowest BCUT2D eigenvalue weighted by Crippen LogP contribution is -2.28. The standard InChI is InChI=1S/C21H21N3O4S/c1-3-22-21-23(4-2)20(25)19(29-21)13-16-10-11-18(17(12-16)24(26)27)28-14-15-8-6-5-7-9-15/h5-13H,3-4,14H2,1-2H3/b19-13-,22-21?. The highest BCUT2D eigenvalue weighted by molar-refractivity contribution is 8.18. The Morgan fingerprint density at radius 1 is 1.21 bits per heavy atom. The molecule has 1 aliphatic rings. The maximum absolute atomic E-state index is 12.6. The van der Waals surface area contributed by atoms with Crippen molar-refractivity contribution in [1.82, 2.24) is 4.90 Å². The molecule has 3 rings (SSSR count). The number of carbonyl (C=O) groups excluding carboxylic acids is 1. The molecule has 2 aromatic carbocycles. The van der Waals surface area contributed by atoms with E-state index in [0.717, 1.165) is 5.56 Å². The van der Waals surface area contributed by atoms with Crippen LogP contribution in [-0.2, 0) is 11.4 Å². The predicted octanol–water partition coefficient (Wildman–Crippen LogP) is 4.49. The number of likely N-dealkylation sites (N-methyl/N-ethyl adjacent to an activating group) is 1. The average Bonchev–Trinajstić information content (AvgIpc) is 3.02. The Labute approximate surface area is 173 Å². The molecule has 1 saturated heterocycles. The van der Waals surface area contributed by atoms with Crippen molar-refractivity contribution in [2.45, 2.75) is 20.5 Å². The summed E-state index contributed by atoms with van der Waals surface area (Å²) in [7, 11) is 0. The van der Waals surface area contributed by atoms with Gasteiger partial charge < -0.3 is 4.74 Å². The van der Waals surface area contributed by atoms with Crippen LogP contribution in [0.15, 0.2) is 58.4 Å². The molecule has 150 valence electrons. The van der Waals surface area contributed by atoms with Crippen molar-refractivity contribution in [3.63, 3.8) is 0 Å². The molecule has 0 aromatic heterocycles. The fraction of sp³-hybridized carbons (Fsp3) is 0.238. The number of amides is 1. The second kappa shape index (κ2) is 9.38. The van der Waals surface area contributed by atoms with Crippen LogP contribution in [0.4, 0.5) is 5.69 Å². The van der Waals surface area contributed by atoms with E-state index in [1.807, 2.05) is 44.2 Å². The van der Waals surface area contributed by atoms with Gasteiger partial charge in [-0.2, -0.15) is 0 Å². The lowest BCUT2D eigenvalue weighted by molar-refractivity contribution is -0.386. The van der Waals surface area contributed by atoms with Crippen LogP contribution < -0.4 is 4.74 Å². The molecule has 0 unspecified atom stereocenters. The number of carbonyl (C=O) groups is 1. The minimum absolute atomic E-state index is 0.138. The van der Waals surface area contributed by atoms with Gasteiger partial charge in [0.2, 0.25) is 0 Å². The molecular formula is C21H21N3O4S. The Morgan fingerprint density at radius 3 is 2.62 bits per heavy atom. The number of nitrogens with zero attached hydrogens (tertiary/aromatic N) is 3. The smallest absolute Gasteiger partial charge is 0.311 e. The van der Waals surface area contributed by atoms with E-state index in [0.29, 0.717) is 28.7 Å². The molecule has 0 radical (unpaired) electrons. The summed E-state index contributed by atoms with van der Waals surface area (Å²) in [6.07, 6.45) is 1.65. The maximum Gasteiger partial charge on any atom is 0.311 e. The van der Waals surface area contributed by atoms with E-state index < -0.39 is 4.92 Å². The lowest BCUT2D eigenvalue weighted by atomic mass is 10.1. The van der Waals surface area contributed by atoms with Gasteiger partial charge in [0.15, 0.2) is 10.9 Å². The van der Waals surface area contributed by atoms with Crippen molar-refractivity contribution in [3.05, 3.63) is 74.7 Å². The largest absolute Gasteiger partial charge is 0.482 e. The zero-order chi connectivity index (χ0) is 20.8. The van der Waals surface area contributed by atoms with Crippen LogP contribution in [0.25, 0.3) is 6.08 Å². The number of hydrogen-bond donors (Lipinski definition) is 0. The fourth-order valence-corrected chi connectivity index (χ4v) is 3.92. The number of thioether (sulfide) groups is 1. The van der Waals surface area contributed by atoms with Gasteiger partial charge in [-0.3, -0.25) is 24.8 Å². The molecule has 0 bridgehead atoms. The number of nitro groups is 1. The van der Waals surface area contributed by atoms with E-state index in [9.17, 15) is 14.9 Å². The first-order chi connectivity index (χ1) is 14.0. The van der Waals surface area contributed by atoms with E-state index in [1.54, 1.807) is 23.1 Å². The summed E-state index contributed by atoms with van der Waals surface area (Å²) in [5.41, 5.74) is 1.34. The van der Waals surface area contributed by atoms with Crippen LogP contribution in [0, 0.1) is 10.1 Å². The summed E-state index contributed by atoms with van der Waals surface area (Å²) in [5, 5.41) is 12.2. The van der Waals surface area contributed by atoms with Gasteiger partial charge in [0.05, 0.1) is 9.83 Å². The number of nitro benzene ring substituents is 1. The van der Waals surface area contributed by atoms with Gasteiger partial charge >= 0.3 is 5.69 Å². The molecule has 7 nitrogen and oxygen atoms in total. The number of rotatable bonds is 7. The number of benzene rings is 2. The quantitative estimate of drug-likeness (QED) is 0.381. The van der Waals surface area contributed by atoms with E-state index >= 15 is 0 Å².